The molecule has 0 unspecified atom stereocenters. The fourth-order valence-corrected chi connectivity index (χ4v) is 0.526. The van der Waals surface area contributed by atoms with E-state index in [2.05, 4.69) is 18.3 Å². The molecule has 1 rings (SSSR count). The van der Waals surface area contributed by atoms with E-state index in [0.29, 0.717) is 0 Å². The maximum atomic E-state index is 3.12. The van der Waals surface area contributed by atoms with Crippen LogP contribution in [0.15, 0.2) is 5.57 Å². The van der Waals surface area contributed by atoms with E-state index >= 15 is 0 Å². The molecule has 0 bridgehead atoms. The van der Waals surface area contributed by atoms with Crippen LogP contribution in [0.25, 0.3) is 0 Å². The second-order valence-corrected chi connectivity index (χ2v) is 1.56. The maximum absolute atomic E-state index is 3.12. The summed E-state index contributed by atoms with van der Waals surface area (Å²) < 4.78 is 0. The highest BCUT2D eigenvalue weighted by molar-refractivity contribution is 5.00. The van der Waals surface area contributed by atoms with Gasteiger partial charge in [0.05, 0.1) is 0 Å². The molecule has 0 atom stereocenters. The van der Waals surface area contributed by atoms with E-state index in [1.54, 1.807) is 0 Å². The van der Waals surface area contributed by atoms with Crippen molar-refractivity contribution >= 4 is 0 Å². The topological polar surface area (TPSA) is 12.0 Å². The van der Waals surface area contributed by atoms with Gasteiger partial charge in [-0.05, 0) is 13.0 Å². The zero-order valence-electron chi connectivity index (χ0n) is 3.91. The molecule has 1 radical (unpaired) electrons. The third kappa shape index (κ3) is 0.601. The van der Waals surface area contributed by atoms with Crippen LogP contribution < -0.4 is 5.32 Å². The van der Waals surface area contributed by atoms with E-state index in [-0.39, 0.29) is 0 Å². The van der Waals surface area contributed by atoms with Gasteiger partial charge in [-0.1, -0.05) is 5.57 Å². The van der Waals surface area contributed by atoms with Gasteiger partial charge in [0, 0.05) is 13.1 Å². The molecular formula is C5H8N. The molecule has 0 amide bonds. The summed E-state index contributed by atoms with van der Waals surface area (Å²) in [6.45, 7) is 4.08. The number of nitrogens with one attached hydrogen (secondary N) is 1. The van der Waals surface area contributed by atoms with Gasteiger partial charge >= 0.3 is 0 Å². The molecule has 0 aliphatic carbocycles. The summed E-state index contributed by atoms with van der Waals surface area (Å²) in [6.07, 6.45) is 3.12. The summed E-state index contributed by atoms with van der Waals surface area (Å²) in [4.78, 5) is 0. The van der Waals surface area contributed by atoms with Crippen LogP contribution in [0, 0.1) is 6.08 Å². The SMILES string of the molecule is CC1=[C]CNC1. The molecule has 1 aliphatic heterocycles. The summed E-state index contributed by atoms with van der Waals surface area (Å²) in [5, 5.41) is 3.12. The zero-order valence-corrected chi connectivity index (χ0v) is 3.91. The predicted octanol–water partition coefficient (Wildman–Crippen LogP) is 0.339. The van der Waals surface area contributed by atoms with E-state index in [9.17, 15) is 0 Å². The fraction of sp³-hybridized carbons (Fsp3) is 0.600. The van der Waals surface area contributed by atoms with Gasteiger partial charge in [-0.25, -0.2) is 0 Å². The van der Waals surface area contributed by atoms with Gasteiger partial charge < -0.3 is 5.32 Å². The summed E-state index contributed by atoms with van der Waals surface area (Å²) in [5.74, 6) is 0. The highest BCUT2D eigenvalue weighted by Crippen LogP contribution is 1.91. The lowest BCUT2D eigenvalue weighted by atomic mass is 10.3. The molecule has 1 nitrogen and oxygen atoms in total. The molecule has 1 N–H and O–H groups in total. The molecule has 0 aromatic rings. The van der Waals surface area contributed by atoms with E-state index in [1.165, 1.54) is 5.57 Å². The van der Waals surface area contributed by atoms with Crippen molar-refractivity contribution in [2.75, 3.05) is 13.1 Å². The molecule has 6 heavy (non-hydrogen) atoms. The predicted molar refractivity (Wildman–Crippen MR) is 25.3 cm³/mol. The molecule has 0 saturated heterocycles. The Kier molecular flexibility index (Phi) is 0.926. The first-order valence-corrected chi connectivity index (χ1v) is 2.16. The lowest BCUT2D eigenvalue weighted by molar-refractivity contribution is 0.871. The first kappa shape index (κ1) is 3.88. The Hall–Kier alpha value is -0.300. The van der Waals surface area contributed by atoms with Gasteiger partial charge in [0.2, 0.25) is 0 Å². The fourth-order valence-electron chi connectivity index (χ4n) is 0.526. The Morgan fingerprint density at radius 3 is 2.83 bits per heavy atom. The lowest BCUT2D eigenvalue weighted by Gasteiger charge is -1.83. The maximum Gasteiger partial charge on any atom is 0.0211 e. The van der Waals surface area contributed by atoms with Crippen molar-refractivity contribution in [2.45, 2.75) is 6.92 Å². The minimum atomic E-state index is 0.950. The standard InChI is InChI=1S/C5H8N/c1-5-2-3-6-4-5/h6H,3-4H2,1H3. The largest absolute Gasteiger partial charge is 0.309 e. The quantitative estimate of drug-likeness (QED) is 0.444. The Morgan fingerprint density at radius 1 is 1.83 bits per heavy atom. The molecule has 1 heteroatoms. The van der Waals surface area contributed by atoms with Crippen LogP contribution in [0.5, 0.6) is 0 Å². The number of hydrogen-bond donors (Lipinski definition) is 1. The zero-order chi connectivity index (χ0) is 4.41. The van der Waals surface area contributed by atoms with Crippen LogP contribution in [0.1, 0.15) is 6.92 Å². The molecule has 33 valence electrons. The Bertz CT molecular complexity index is 74.0. The average molecular weight is 82.1 g/mol. The van der Waals surface area contributed by atoms with Crippen molar-refractivity contribution in [1.82, 2.24) is 5.32 Å². The lowest BCUT2D eigenvalue weighted by Crippen LogP contribution is -2.06. The smallest absolute Gasteiger partial charge is 0.0211 e. The van der Waals surface area contributed by atoms with E-state index in [4.69, 9.17) is 0 Å². The molecule has 0 aromatic carbocycles. The van der Waals surface area contributed by atoms with Crippen LogP contribution in [0.3, 0.4) is 0 Å². The molecular weight excluding hydrogens is 74.1 g/mol. The van der Waals surface area contributed by atoms with E-state index < -0.39 is 0 Å². The van der Waals surface area contributed by atoms with Crippen molar-refractivity contribution in [3.05, 3.63) is 11.6 Å². The molecule has 1 aliphatic rings. The Balaban J connectivity index is 2.45. The summed E-state index contributed by atoms with van der Waals surface area (Å²) >= 11 is 0. The Labute approximate surface area is 38.1 Å². The number of rotatable bonds is 0. The second-order valence-electron chi connectivity index (χ2n) is 1.56. The molecule has 0 spiro atoms. The van der Waals surface area contributed by atoms with E-state index in [0.717, 1.165) is 13.1 Å². The van der Waals surface area contributed by atoms with Crippen LogP contribution in [-0.2, 0) is 0 Å². The van der Waals surface area contributed by atoms with Gasteiger partial charge in [-0.3, -0.25) is 0 Å². The van der Waals surface area contributed by atoms with Crippen molar-refractivity contribution in [3.63, 3.8) is 0 Å². The average Bonchev–Trinajstić information content (AvgIpc) is 1.86. The highest BCUT2D eigenvalue weighted by Gasteiger charge is 1.93. The third-order valence-electron chi connectivity index (χ3n) is 0.905. The van der Waals surface area contributed by atoms with E-state index in [1.807, 2.05) is 0 Å². The van der Waals surface area contributed by atoms with Crippen LogP contribution in [-0.4, -0.2) is 13.1 Å². The van der Waals surface area contributed by atoms with Crippen molar-refractivity contribution < 1.29 is 0 Å². The van der Waals surface area contributed by atoms with Gasteiger partial charge in [-0.15, -0.1) is 0 Å². The summed E-state index contributed by atoms with van der Waals surface area (Å²) in [6, 6.07) is 0. The first-order valence-electron chi connectivity index (χ1n) is 2.16. The normalized spacial score (nSPS) is 21.2. The number of hydrogen-bond acceptors (Lipinski definition) is 1. The van der Waals surface area contributed by atoms with Crippen LogP contribution in [0.4, 0.5) is 0 Å². The van der Waals surface area contributed by atoms with Gasteiger partial charge in [0.15, 0.2) is 0 Å². The van der Waals surface area contributed by atoms with Gasteiger partial charge in [-0.2, -0.15) is 0 Å². The monoisotopic (exact) mass is 82.1 g/mol. The highest BCUT2D eigenvalue weighted by atomic mass is 14.9. The molecule has 0 saturated carbocycles. The van der Waals surface area contributed by atoms with Crippen molar-refractivity contribution in [3.8, 4) is 0 Å². The van der Waals surface area contributed by atoms with Gasteiger partial charge in [0.25, 0.3) is 0 Å². The minimum absolute atomic E-state index is 0.950. The molecule has 0 fully saturated rings. The van der Waals surface area contributed by atoms with Crippen LogP contribution >= 0.6 is 0 Å². The molecule has 1 heterocycles. The summed E-state index contributed by atoms with van der Waals surface area (Å²) in [5.41, 5.74) is 1.34. The van der Waals surface area contributed by atoms with Crippen LogP contribution in [0.2, 0.25) is 0 Å². The molecule has 0 aromatic heterocycles. The summed E-state index contributed by atoms with van der Waals surface area (Å²) in [7, 11) is 0. The Morgan fingerprint density at radius 2 is 2.67 bits per heavy atom. The van der Waals surface area contributed by atoms with Gasteiger partial charge in [0.1, 0.15) is 0 Å². The van der Waals surface area contributed by atoms with Crippen molar-refractivity contribution in [2.24, 2.45) is 0 Å². The van der Waals surface area contributed by atoms with Crippen molar-refractivity contribution in [1.29, 1.82) is 0 Å². The minimum Gasteiger partial charge on any atom is -0.309 e. The second kappa shape index (κ2) is 1.43. The third-order valence-corrected chi connectivity index (χ3v) is 0.905. The first-order chi connectivity index (χ1) is 2.89.